The zero-order chi connectivity index (χ0) is 17.4. The Morgan fingerprint density at radius 2 is 1.57 bits per heavy atom. The highest BCUT2D eigenvalue weighted by Gasteiger charge is 2.24. The number of rotatable bonds is 3. The van der Waals surface area contributed by atoms with Crippen molar-refractivity contribution in [2.75, 3.05) is 12.4 Å². The molecule has 23 heavy (non-hydrogen) atoms. The van der Waals surface area contributed by atoms with Crippen molar-refractivity contribution in [1.29, 1.82) is 0 Å². The van der Waals surface area contributed by atoms with Gasteiger partial charge in [-0.3, -0.25) is 0 Å². The number of carboxylic acid groups (broad SMARTS) is 2. The molecule has 0 saturated heterocycles. The lowest BCUT2D eigenvalue weighted by Gasteiger charge is -2.32. The Morgan fingerprint density at radius 1 is 1.04 bits per heavy atom. The molecule has 1 aromatic carbocycles. The van der Waals surface area contributed by atoms with E-state index in [9.17, 15) is 0 Å². The summed E-state index contributed by atoms with van der Waals surface area (Å²) < 4.78 is 5.57. The van der Waals surface area contributed by atoms with Crippen molar-refractivity contribution < 1.29 is 24.5 Å². The van der Waals surface area contributed by atoms with Gasteiger partial charge in [-0.1, -0.05) is 18.9 Å². The number of ether oxygens (including phenoxy) is 1. The molecule has 0 heterocycles. The third-order valence-electron chi connectivity index (χ3n) is 3.76. The molecule has 128 valence electrons. The maximum absolute atomic E-state index is 9.10. The van der Waals surface area contributed by atoms with Crippen LogP contribution in [0.4, 0.5) is 5.69 Å². The Bertz CT molecular complexity index is 512. The summed E-state index contributed by atoms with van der Waals surface area (Å²) in [5.74, 6) is -3.65. The van der Waals surface area contributed by atoms with Gasteiger partial charge in [-0.2, -0.15) is 0 Å². The van der Waals surface area contributed by atoms with Gasteiger partial charge in [-0.15, -0.1) is 0 Å². The Morgan fingerprint density at radius 3 is 2.04 bits per heavy atom. The van der Waals surface area contributed by atoms with Crippen LogP contribution < -0.4 is 5.32 Å². The molecular formula is C17H25NO5. The Labute approximate surface area is 136 Å². The standard InChI is InChI=1S/C15H23NO.C2H2O4/c1-11-8-12(2)10-13(9-11)16-14-6-4-5-7-15(14)17-3;3-1(4)2(5)6/h8-10,14-16H,4-7H2,1-3H3;(H,3,4)(H,5,6). The summed E-state index contributed by atoms with van der Waals surface area (Å²) in [5.41, 5.74) is 3.87. The van der Waals surface area contributed by atoms with Gasteiger partial charge in [-0.25, -0.2) is 9.59 Å². The van der Waals surface area contributed by atoms with Crippen molar-refractivity contribution in [3.05, 3.63) is 29.3 Å². The van der Waals surface area contributed by atoms with E-state index in [4.69, 9.17) is 24.5 Å². The van der Waals surface area contributed by atoms with Gasteiger partial charge in [0, 0.05) is 12.8 Å². The Balaban J connectivity index is 0.000000379. The van der Waals surface area contributed by atoms with Crippen LogP contribution in [0.2, 0.25) is 0 Å². The van der Waals surface area contributed by atoms with Crippen molar-refractivity contribution in [2.24, 2.45) is 0 Å². The lowest BCUT2D eigenvalue weighted by Crippen LogP contribution is -2.37. The Hall–Kier alpha value is -2.08. The molecule has 1 aromatic rings. The molecule has 2 unspecified atom stereocenters. The number of anilines is 1. The predicted octanol–water partition coefficient (Wildman–Crippen LogP) is 2.83. The normalized spacial score (nSPS) is 20.1. The van der Waals surface area contributed by atoms with Crippen molar-refractivity contribution in [1.82, 2.24) is 0 Å². The summed E-state index contributed by atoms with van der Waals surface area (Å²) in [4.78, 5) is 18.2. The molecular weight excluding hydrogens is 298 g/mol. The van der Waals surface area contributed by atoms with Crippen LogP contribution in [0.1, 0.15) is 36.8 Å². The average molecular weight is 323 g/mol. The van der Waals surface area contributed by atoms with Gasteiger partial charge in [0.1, 0.15) is 0 Å². The van der Waals surface area contributed by atoms with Crippen LogP contribution >= 0.6 is 0 Å². The second kappa shape index (κ2) is 9.15. The molecule has 0 amide bonds. The summed E-state index contributed by atoms with van der Waals surface area (Å²) in [6.07, 6.45) is 5.36. The highest BCUT2D eigenvalue weighted by Crippen LogP contribution is 2.25. The van der Waals surface area contributed by atoms with Gasteiger partial charge < -0.3 is 20.3 Å². The van der Waals surface area contributed by atoms with Crippen LogP contribution in [0.25, 0.3) is 0 Å². The quantitative estimate of drug-likeness (QED) is 0.740. The summed E-state index contributed by atoms with van der Waals surface area (Å²) in [6.45, 7) is 4.29. The zero-order valence-corrected chi connectivity index (χ0v) is 13.8. The maximum atomic E-state index is 9.10. The molecule has 0 aliphatic heterocycles. The minimum absolute atomic E-state index is 0.365. The third kappa shape index (κ3) is 6.69. The van der Waals surface area contributed by atoms with Gasteiger partial charge in [0.15, 0.2) is 0 Å². The fourth-order valence-electron chi connectivity index (χ4n) is 2.82. The largest absolute Gasteiger partial charge is 0.473 e. The van der Waals surface area contributed by atoms with E-state index in [0.29, 0.717) is 12.1 Å². The predicted molar refractivity (Wildman–Crippen MR) is 87.9 cm³/mol. The number of benzene rings is 1. The molecule has 0 aromatic heterocycles. The smallest absolute Gasteiger partial charge is 0.414 e. The van der Waals surface area contributed by atoms with Crippen LogP contribution in [0, 0.1) is 13.8 Å². The lowest BCUT2D eigenvalue weighted by molar-refractivity contribution is -0.159. The molecule has 6 heteroatoms. The van der Waals surface area contributed by atoms with Gasteiger partial charge in [0.2, 0.25) is 0 Å². The van der Waals surface area contributed by atoms with Crippen LogP contribution in [0.15, 0.2) is 18.2 Å². The summed E-state index contributed by atoms with van der Waals surface area (Å²) in [5, 5.41) is 18.4. The van der Waals surface area contributed by atoms with Gasteiger partial charge in [0.25, 0.3) is 0 Å². The second-order valence-corrected chi connectivity index (χ2v) is 5.80. The second-order valence-electron chi connectivity index (χ2n) is 5.80. The summed E-state index contributed by atoms with van der Waals surface area (Å²) >= 11 is 0. The number of hydrogen-bond acceptors (Lipinski definition) is 4. The van der Waals surface area contributed by atoms with Crippen molar-refractivity contribution >= 4 is 17.6 Å². The highest BCUT2D eigenvalue weighted by molar-refractivity contribution is 6.27. The van der Waals surface area contributed by atoms with E-state index in [1.165, 1.54) is 42.5 Å². The summed E-state index contributed by atoms with van der Waals surface area (Å²) in [7, 11) is 1.83. The molecule has 1 aliphatic carbocycles. The molecule has 0 radical (unpaired) electrons. The first-order chi connectivity index (χ1) is 10.8. The van der Waals surface area contributed by atoms with E-state index in [1.54, 1.807) is 0 Å². The molecule has 2 atom stereocenters. The number of carbonyl (C=O) groups is 2. The van der Waals surface area contributed by atoms with Crippen LogP contribution in [-0.2, 0) is 14.3 Å². The van der Waals surface area contributed by atoms with Gasteiger partial charge in [0.05, 0.1) is 12.1 Å². The minimum Gasteiger partial charge on any atom is -0.473 e. The van der Waals surface area contributed by atoms with E-state index in [2.05, 4.69) is 37.4 Å². The molecule has 1 saturated carbocycles. The first kappa shape index (κ1) is 19.0. The first-order valence-electron chi connectivity index (χ1n) is 7.67. The monoisotopic (exact) mass is 323 g/mol. The van der Waals surface area contributed by atoms with E-state index in [-0.39, 0.29) is 0 Å². The van der Waals surface area contributed by atoms with Crippen LogP contribution in [-0.4, -0.2) is 41.4 Å². The molecule has 6 nitrogen and oxygen atoms in total. The molecule has 3 N–H and O–H groups in total. The molecule has 1 aliphatic rings. The van der Waals surface area contributed by atoms with Gasteiger partial charge >= 0.3 is 11.9 Å². The van der Waals surface area contributed by atoms with Crippen molar-refractivity contribution in [2.45, 2.75) is 51.7 Å². The van der Waals surface area contributed by atoms with E-state index in [1.807, 2.05) is 7.11 Å². The van der Waals surface area contributed by atoms with Crippen LogP contribution in [0.3, 0.4) is 0 Å². The maximum Gasteiger partial charge on any atom is 0.414 e. The number of methoxy groups -OCH3 is 1. The third-order valence-corrected chi connectivity index (χ3v) is 3.76. The number of carboxylic acids is 2. The Kier molecular flexibility index (Phi) is 7.54. The van der Waals surface area contributed by atoms with Crippen LogP contribution in [0.5, 0.6) is 0 Å². The highest BCUT2D eigenvalue weighted by atomic mass is 16.5. The number of aliphatic carboxylic acids is 2. The molecule has 0 bridgehead atoms. The van der Waals surface area contributed by atoms with Crippen molar-refractivity contribution in [3.8, 4) is 0 Å². The van der Waals surface area contributed by atoms with Crippen molar-refractivity contribution in [3.63, 3.8) is 0 Å². The summed E-state index contributed by atoms with van der Waals surface area (Å²) in [6, 6.07) is 7.11. The zero-order valence-electron chi connectivity index (χ0n) is 13.8. The first-order valence-corrected chi connectivity index (χ1v) is 7.67. The lowest BCUT2D eigenvalue weighted by atomic mass is 9.92. The minimum atomic E-state index is -1.82. The number of aryl methyl sites for hydroxylation is 2. The average Bonchev–Trinajstić information content (AvgIpc) is 2.47. The topological polar surface area (TPSA) is 95.9 Å². The molecule has 1 fully saturated rings. The van der Waals surface area contributed by atoms with E-state index < -0.39 is 11.9 Å². The fourth-order valence-corrected chi connectivity index (χ4v) is 2.82. The van der Waals surface area contributed by atoms with E-state index in [0.717, 1.165) is 0 Å². The molecule has 0 spiro atoms. The fraction of sp³-hybridized carbons (Fsp3) is 0.529. The van der Waals surface area contributed by atoms with Gasteiger partial charge in [-0.05, 0) is 49.9 Å². The van der Waals surface area contributed by atoms with E-state index >= 15 is 0 Å². The number of hydrogen-bond donors (Lipinski definition) is 3. The molecule has 2 rings (SSSR count). The SMILES string of the molecule is COC1CCCCC1Nc1cc(C)cc(C)c1.O=C(O)C(=O)O. The number of nitrogens with one attached hydrogen (secondary N) is 1.